The van der Waals surface area contributed by atoms with E-state index in [0.717, 1.165) is 0 Å². The Hall–Kier alpha value is 0.763. The monoisotopic (exact) mass is 576 g/mol. The summed E-state index contributed by atoms with van der Waals surface area (Å²) in [6.45, 7) is 4.09. The first-order chi connectivity index (χ1) is 8.79. The first kappa shape index (κ1) is 19.8. The summed E-state index contributed by atoms with van der Waals surface area (Å²) in [4.78, 5) is 7.69. The number of hydrogen-bond donors (Lipinski definition) is 0. The molecule has 2 aromatic rings. The zero-order valence-corrected chi connectivity index (χ0v) is 19.0. The Morgan fingerprint density at radius 1 is 0.684 bits per heavy atom. The number of pyridine rings is 2. The van der Waals surface area contributed by atoms with Gasteiger partial charge in [0.05, 0.1) is 0 Å². The van der Waals surface area contributed by atoms with E-state index in [4.69, 9.17) is 0 Å². The van der Waals surface area contributed by atoms with Gasteiger partial charge in [-0.3, -0.25) is 9.97 Å². The van der Waals surface area contributed by atoms with E-state index in [1.165, 1.54) is 11.1 Å². The average Bonchev–Trinajstić information content (AvgIpc) is 2.29. The number of hydrogen-bond acceptors (Lipinski definition) is 2. The second kappa shape index (κ2) is 11.4. The summed E-state index contributed by atoms with van der Waals surface area (Å²) in [5.41, 5.74) is 2.52. The molecule has 0 saturated carbocycles. The van der Waals surface area contributed by atoms with Crippen molar-refractivity contribution < 1.29 is 0 Å². The molecular weight excluding hydrogens is 564 g/mol. The van der Waals surface area contributed by atoms with Crippen molar-refractivity contribution in [3.05, 3.63) is 60.2 Å². The first-order valence-corrected chi connectivity index (χ1v) is 24.9. The zero-order chi connectivity index (χ0) is 14.7. The maximum absolute atomic E-state index is 3.85. The molecule has 2 nitrogen and oxygen atoms in total. The summed E-state index contributed by atoms with van der Waals surface area (Å²) in [6, 6.07) is 7.89. The van der Waals surface area contributed by atoms with Crippen LogP contribution in [-0.4, -0.2) is 15.9 Å². The predicted octanol–water partition coefficient (Wildman–Crippen LogP) is 5.78. The quantitative estimate of drug-likeness (QED) is 0.371. The van der Waals surface area contributed by atoms with Gasteiger partial charge in [0.25, 0.3) is 0 Å². The van der Waals surface area contributed by atoms with Crippen molar-refractivity contribution in [1.82, 2.24) is 9.97 Å². The normalized spacial score (nSPS) is 9.58. The zero-order valence-electron chi connectivity index (χ0n) is 10.5. The molecule has 0 aliphatic heterocycles. The fourth-order valence-corrected chi connectivity index (χ4v) is 0.853. The van der Waals surface area contributed by atoms with Crippen LogP contribution in [0.25, 0.3) is 0 Å². The molecule has 0 N–H and O–H groups in total. The molecule has 0 spiro atoms. The van der Waals surface area contributed by atoms with Gasteiger partial charge in [-0.1, -0.05) is 0 Å². The predicted molar refractivity (Wildman–Crippen MR) is 99.4 cm³/mol. The second-order valence-electron chi connectivity index (χ2n) is 3.48. The van der Waals surface area contributed by atoms with Gasteiger partial charge in [0, 0.05) is 24.8 Å². The van der Waals surface area contributed by atoms with Gasteiger partial charge in [0.2, 0.25) is 0 Å². The van der Waals surface area contributed by atoms with Crippen LogP contribution in [0, 0.1) is 13.8 Å². The number of halogens is 4. The molecule has 0 aliphatic rings. The van der Waals surface area contributed by atoms with E-state index in [0.29, 0.717) is 0 Å². The van der Waals surface area contributed by atoms with Gasteiger partial charge in [0.15, 0.2) is 0 Å². The molecule has 0 amide bonds. The summed E-state index contributed by atoms with van der Waals surface area (Å²) in [5.74, 6) is -1.75. The molecular formula is C12H14Br4GeN2. The molecule has 2 aromatic heterocycles. The van der Waals surface area contributed by atoms with Gasteiger partial charge in [-0.05, 0) is 49.2 Å². The Morgan fingerprint density at radius 2 is 0.895 bits per heavy atom. The second-order valence-corrected chi connectivity index (χ2v) is 63.2. The number of aryl methyl sites for hydroxylation is 2. The molecule has 0 atom stereocenters. The van der Waals surface area contributed by atoms with Gasteiger partial charge < -0.3 is 0 Å². The van der Waals surface area contributed by atoms with Crippen molar-refractivity contribution in [3.63, 3.8) is 0 Å². The van der Waals surface area contributed by atoms with E-state index < -0.39 is 5.90 Å². The molecule has 2 heterocycles. The van der Waals surface area contributed by atoms with E-state index in [2.05, 4.69) is 66.0 Å². The number of nitrogens with zero attached hydrogens (tertiary/aromatic N) is 2. The van der Waals surface area contributed by atoms with Crippen LogP contribution in [-0.2, 0) is 0 Å². The summed E-state index contributed by atoms with van der Waals surface area (Å²) >= 11 is 13.2. The fraction of sp³-hybridized carbons (Fsp3) is 0.167. The van der Waals surface area contributed by atoms with Crippen molar-refractivity contribution in [3.8, 4) is 0 Å². The fourth-order valence-electron chi connectivity index (χ4n) is 0.853. The van der Waals surface area contributed by atoms with Crippen LogP contribution >= 0.6 is 56.0 Å². The van der Waals surface area contributed by atoms with Gasteiger partial charge in [-0.2, -0.15) is 0 Å². The Bertz CT molecular complexity index is 391. The Morgan fingerprint density at radius 3 is 1.00 bits per heavy atom. The molecule has 19 heavy (non-hydrogen) atoms. The van der Waals surface area contributed by atoms with Crippen molar-refractivity contribution in [2.45, 2.75) is 13.8 Å². The number of aromatic nitrogens is 2. The van der Waals surface area contributed by atoms with Crippen LogP contribution in [0.15, 0.2) is 49.1 Å². The van der Waals surface area contributed by atoms with E-state index in [9.17, 15) is 0 Å². The summed E-state index contributed by atoms with van der Waals surface area (Å²) in [5, 5.41) is 0. The molecule has 0 unspecified atom stereocenters. The van der Waals surface area contributed by atoms with Crippen molar-refractivity contribution >= 4 is 61.9 Å². The topological polar surface area (TPSA) is 25.8 Å². The molecule has 0 aliphatic carbocycles. The van der Waals surface area contributed by atoms with Crippen molar-refractivity contribution in [2.75, 3.05) is 0 Å². The van der Waals surface area contributed by atoms with Gasteiger partial charge in [0.1, 0.15) is 0 Å². The van der Waals surface area contributed by atoms with Crippen LogP contribution in [0.1, 0.15) is 11.1 Å². The van der Waals surface area contributed by atoms with E-state index in [1.54, 1.807) is 24.8 Å². The molecule has 104 valence electrons. The Balaban J connectivity index is 0.000000261. The van der Waals surface area contributed by atoms with Crippen LogP contribution in [0.5, 0.6) is 0 Å². The Labute approximate surface area is 144 Å². The molecule has 0 saturated heterocycles. The standard InChI is InChI=1S/2C6H7N.Br4Ge/c2*1-6-2-4-7-5-3-6;1-5(2,3)4/h2*2-5H,1H3;. The van der Waals surface area contributed by atoms with Gasteiger partial charge in [-0.25, -0.2) is 0 Å². The van der Waals surface area contributed by atoms with Crippen molar-refractivity contribution in [1.29, 1.82) is 0 Å². The summed E-state index contributed by atoms with van der Waals surface area (Å²) in [6.07, 6.45) is 7.15. The molecule has 0 aromatic carbocycles. The summed E-state index contributed by atoms with van der Waals surface area (Å²) in [7, 11) is 0. The third kappa shape index (κ3) is 18.8. The Kier molecular flexibility index (Phi) is 11.9. The SMILES string of the molecule is Cc1ccncc1.Cc1ccncc1.[Br][Ge]([Br])([Br])[Br]. The molecule has 0 radical (unpaired) electrons. The van der Waals surface area contributed by atoms with Crippen LogP contribution < -0.4 is 0 Å². The molecule has 0 bridgehead atoms. The van der Waals surface area contributed by atoms with E-state index in [-0.39, 0.29) is 0 Å². The van der Waals surface area contributed by atoms with Crippen LogP contribution in [0.2, 0.25) is 0 Å². The number of rotatable bonds is 0. The van der Waals surface area contributed by atoms with Crippen molar-refractivity contribution in [2.24, 2.45) is 0 Å². The van der Waals surface area contributed by atoms with E-state index >= 15 is 0 Å². The molecule has 7 heteroatoms. The van der Waals surface area contributed by atoms with Crippen LogP contribution in [0.4, 0.5) is 0 Å². The van der Waals surface area contributed by atoms with Gasteiger partial charge in [-0.15, -0.1) is 0 Å². The van der Waals surface area contributed by atoms with E-state index in [1.807, 2.05) is 38.1 Å². The van der Waals surface area contributed by atoms with Gasteiger partial charge >= 0.3 is 61.9 Å². The first-order valence-electron chi connectivity index (χ1n) is 5.28. The average molecular weight is 578 g/mol. The maximum atomic E-state index is 3.85. The minimum atomic E-state index is -1.75. The third-order valence-corrected chi connectivity index (χ3v) is 1.69. The summed E-state index contributed by atoms with van der Waals surface area (Å²) < 4.78 is 0. The minimum absolute atomic E-state index is 1.26. The van der Waals surface area contributed by atoms with Crippen LogP contribution in [0.3, 0.4) is 0 Å². The molecule has 2 rings (SSSR count). The molecule has 0 fully saturated rings. The third-order valence-electron chi connectivity index (χ3n) is 1.69.